The second-order valence-corrected chi connectivity index (χ2v) is 4.96. The van der Waals surface area contributed by atoms with Crippen molar-refractivity contribution in [2.75, 3.05) is 17.8 Å². The Morgan fingerprint density at radius 1 is 1.35 bits per heavy atom. The summed E-state index contributed by atoms with van der Waals surface area (Å²) in [6, 6.07) is 4.24. The molecule has 0 bridgehead atoms. The van der Waals surface area contributed by atoms with Gasteiger partial charge in [0.05, 0.1) is 6.54 Å². The molecule has 1 aromatic rings. The Kier molecular flexibility index (Phi) is 5.32. The van der Waals surface area contributed by atoms with E-state index in [2.05, 4.69) is 16.8 Å². The molecule has 0 radical (unpaired) electrons. The van der Waals surface area contributed by atoms with Crippen LogP contribution in [0.15, 0.2) is 18.2 Å². The highest BCUT2D eigenvalue weighted by molar-refractivity contribution is 7.90. The molecule has 0 saturated heterocycles. The van der Waals surface area contributed by atoms with Crippen molar-refractivity contribution in [2.24, 2.45) is 5.73 Å². The summed E-state index contributed by atoms with van der Waals surface area (Å²) in [5.74, 6) is 4.93. The maximum absolute atomic E-state index is 11.9. The zero-order valence-corrected chi connectivity index (χ0v) is 10.8. The highest BCUT2D eigenvalue weighted by Crippen LogP contribution is 2.13. The minimum absolute atomic E-state index is 0.102. The van der Waals surface area contributed by atoms with Crippen molar-refractivity contribution in [1.82, 2.24) is 9.71 Å². The van der Waals surface area contributed by atoms with Gasteiger partial charge in [0, 0.05) is 0 Å². The molecule has 0 fully saturated rings. The van der Waals surface area contributed by atoms with Crippen LogP contribution < -0.4 is 15.2 Å². The molecule has 0 spiro atoms. The standard InChI is InChI=1S/C10H11F3N4O2S/c11-10(12,13)7-15-20(18,19)17-9-5-1-3-8(16-9)4-2-6-14/h1,3,5,15H,6-7,14H2,(H,16,17). The number of anilines is 1. The van der Waals surface area contributed by atoms with Gasteiger partial charge in [-0.1, -0.05) is 12.0 Å². The lowest BCUT2D eigenvalue weighted by Crippen LogP contribution is -2.37. The average molecular weight is 308 g/mol. The first kappa shape index (κ1) is 16.2. The van der Waals surface area contributed by atoms with Gasteiger partial charge in [0.25, 0.3) is 0 Å². The molecule has 0 aromatic carbocycles. The van der Waals surface area contributed by atoms with Crippen LogP contribution in [-0.2, 0) is 10.2 Å². The number of rotatable bonds is 4. The van der Waals surface area contributed by atoms with E-state index >= 15 is 0 Å². The van der Waals surface area contributed by atoms with Crippen molar-refractivity contribution in [3.8, 4) is 11.8 Å². The molecule has 20 heavy (non-hydrogen) atoms. The number of hydrogen-bond acceptors (Lipinski definition) is 4. The highest BCUT2D eigenvalue weighted by atomic mass is 32.2. The van der Waals surface area contributed by atoms with E-state index in [1.54, 1.807) is 0 Å². The topological polar surface area (TPSA) is 97.1 Å². The normalized spacial score (nSPS) is 11.6. The van der Waals surface area contributed by atoms with Gasteiger partial charge in [-0.3, -0.25) is 4.72 Å². The van der Waals surface area contributed by atoms with Crippen molar-refractivity contribution in [3.63, 3.8) is 0 Å². The van der Waals surface area contributed by atoms with Gasteiger partial charge in [0.15, 0.2) is 0 Å². The van der Waals surface area contributed by atoms with Gasteiger partial charge < -0.3 is 5.73 Å². The second-order valence-electron chi connectivity index (χ2n) is 3.46. The molecule has 0 saturated carbocycles. The molecule has 0 unspecified atom stereocenters. The lowest BCUT2D eigenvalue weighted by atomic mass is 10.3. The minimum Gasteiger partial charge on any atom is -0.320 e. The molecule has 1 aromatic heterocycles. The third-order valence-corrected chi connectivity index (χ3v) is 2.77. The van der Waals surface area contributed by atoms with E-state index < -0.39 is 22.9 Å². The number of hydrogen-bond donors (Lipinski definition) is 3. The molecule has 10 heteroatoms. The summed E-state index contributed by atoms with van der Waals surface area (Å²) in [5.41, 5.74) is 5.41. The third kappa shape index (κ3) is 6.37. The molecule has 110 valence electrons. The van der Waals surface area contributed by atoms with Crippen LogP contribution in [0.4, 0.5) is 19.0 Å². The average Bonchev–Trinajstić information content (AvgIpc) is 2.33. The zero-order valence-electron chi connectivity index (χ0n) is 10.0. The lowest BCUT2D eigenvalue weighted by Gasteiger charge is -2.10. The number of pyridine rings is 1. The summed E-state index contributed by atoms with van der Waals surface area (Å²) in [6.07, 6.45) is -4.64. The largest absolute Gasteiger partial charge is 0.402 e. The fraction of sp³-hybridized carbons (Fsp3) is 0.300. The molecule has 0 amide bonds. The molecule has 4 N–H and O–H groups in total. The van der Waals surface area contributed by atoms with E-state index in [-0.39, 0.29) is 18.1 Å². The van der Waals surface area contributed by atoms with E-state index in [9.17, 15) is 21.6 Å². The van der Waals surface area contributed by atoms with Crippen LogP contribution in [-0.4, -0.2) is 32.7 Å². The van der Waals surface area contributed by atoms with Crippen molar-refractivity contribution in [2.45, 2.75) is 6.18 Å². The molecule has 0 atom stereocenters. The van der Waals surface area contributed by atoms with Crippen LogP contribution >= 0.6 is 0 Å². The molecule has 1 rings (SSSR count). The zero-order chi connectivity index (χ0) is 15.2. The molecule has 6 nitrogen and oxygen atoms in total. The van der Waals surface area contributed by atoms with Crippen LogP contribution in [0.25, 0.3) is 0 Å². The molecule has 0 aliphatic carbocycles. The maximum atomic E-state index is 11.9. The van der Waals surface area contributed by atoms with E-state index in [4.69, 9.17) is 5.73 Å². The smallest absolute Gasteiger partial charge is 0.320 e. The number of nitrogens with zero attached hydrogens (tertiary/aromatic N) is 1. The first-order chi connectivity index (χ1) is 9.22. The summed E-state index contributed by atoms with van der Waals surface area (Å²) in [5, 5.41) is 0. The summed E-state index contributed by atoms with van der Waals surface area (Å²) >= 11 is 0. The fourth-order valence-electron chi connectivity index (χ4n) is 1.05. The van der Waals surface area contributed by atoms with Crippen LogP contribution in [0, 0.1) is 11.8 Å². The van der Waals surface area contributed by atoms with Gasteiger partial charge in [0.2, 0.25) is 0 Å². The Hall–Kier alpha value is -1.83. The first-order valence-electron chi connectivity index (χ1n) is 5.22. The predicted octanol–water partition coefficient (Wildman–Crippen LogP) is 0.200. The van der Waals surface area contributed by atoms with Crippen LogP contribution in [0.5, 0.6) is 0 Å². The van der Waals surface area contributed by atoms with Gasteiger partial charge in [0.1, 0.15) is 18.1 Å². The number of nitrogens with two attached hydrogens (primary N) is 1. The second kappa shape index (κ2) is 6.56. The Morgan fingerprint density at radius 2 is 2.05 bits per heavy atom. The van der Waals surface area contributed by atoms with Gasteiger partial charge in [-0.05, 0) is 18.1 Å². The van der Waals surface area contributed by atoms with E-state index in [0.717, 1.165) is 0 Å². The first-order valence-corrected chi connectivity index (χ1v) is 6.70. The van der Waals surface area contributed by atoms with Crippen molar-refractivity contribution in [3.05, 3.63) is 23.9 Å². The molecule has 0 aliphatic heterocycles. The van der Waals surface area contributed by atoms with Crippen LogP contribution in [0.2, 0.25) is 0 Å². The lowest BCUT2D eigenvalue weighted by molar-refractivity contribution is -0.121. The van der Waals surface area contributed by atoms with E-state index in [1.807, 2.05) is 4.72 Å². The third-order valence-electron chi connectivity index (χ3n) is 1.77. The van der Waals surface area contributed by atoms with Crippen molar-refractivity contribution >= 4 is 16.0 Å². The van der Waals surface area contributed by atoms with Gasteiger partial charge >= 0.3 is 16.4 Å². The minimum atomic E-state index is -4.64. The number of alkyl halides is 3. The molecular formula is C10H11F3N4O2S. The summed E-state index contributed by atoms with van der Waals surface area (Å²) in [7, 11) is -4.36. The number of nitrogens with one attached hydrogen (secondary N) is 2. The summed E-state index contributed by atoms with van der Waals surface area (Å²) in [4.78, 5) is 3.80. The van der Waals surface area contributed by atoms with Crippen molar-refractivity contribution in [1.29, 1.82) is 0 Å². The molecule has 1 heterocycles. The molecule has 0 aliphatic rings. The summed E-state index contributed by atoms with van der Waals surface area (Å²) in [6.45, 7) is -1.57. The number of aromatic nitrogens is 1. The quantitative estimate of drug-likeness (QED) is 0.692. The highest BCUT2D eigenvalue weighted by Gasteiger charge is 2.29. The van der Waals surface area contributed by atoms with Gasteiger partial charge in [-0.15, -0.1) is 0 Å². The monoisotopic (exact) mass is 308 g/mol. The SMILES string of the molecule is NCC#Cc1cccc(NS(=O)(=O)NCC(F)(F)F)n1. The van der Waals surface area contributed by atoms with Crippen molar-refractivity contribution < 1.29 is 21.6 Å². The van der Waals surface area contributed by atoms with Crippen LogP contribution in [0.3, 0.4) is 0 Å². The van der Waals surface area contributed by atoms with Gasteiger partial charge in [-0.25, -0.2) is 4.98 Å². The molecular weight excluding hydrogens is 297 g/mol. The van der Waals surface area contributed by atoms with E-state index in [1.165, 1.54) is 22.9 Å². The Bertz CT molecular complexity index is 619. The predicted molar refractivity (Wildman–Crippen MR) is 66.8 cm³/mol. The fourth-order valence-corrected chi connectivity index (χ4v) is 1.87. The Morgan fingerprint density at radius 3 is 2.65 bits per heavy atom. The van der Waals surface area contributed by atoms with Crippen LogP contribution in [0.1, 0.15) is 5.69 Å². The summed E-state index contributed by atoms with van der Waals surface area (Å²) < 4.78 is 61.7. The Labute approximate surface area is 113 Å². The number of halogens is 3. The van der Waals surface area contributed by atoms with Gasteiger partial charge in [-0.2, -0.15) is 26.3 Å². The maximum Gasteiger partial charge on any atom is 0.402 e. The van der Waals surface area contributed by atoms with E-state index in [0.29, 0.717) is 0 Å². The Balaban J connectivity index is 2.77.